The number of hydrogen-bond acceptors (Lipinski definition) is 24. The molecule has 0 radical (unpaired) electrons. The van der Waals surface area contributed by atoms with Crippen LogP contribution in [0.25, 0.3) is 0 Å². The molecule has 6 aliphatic heterocycles. The number of Topliss-reactive ketones (excluding diaryl/α,β-unsaturated/α-hetero) is 1. The van der Waals surface area contributed by atoms with Crippen molar-refractivity contribution in [2.75, 3.05) is 7.11 Å². The average Bonchev–Trinajstić information content (AvgIpc) is 1.68. The van der Waals surface area contributed by atoms with Gasteiger partial charge in [-0.15, -0.1) is 0 Å². The minimum absolute atomic E-state index is 0.00833. The monoisotopic (exact) mass is 1310 g/mol. The van der Waals surface area contributed by atoms with Gasteiger partial charge in [-0.05, 0) is 120 Å². The molecule has 1 spiro atoms. The smallest absolute Gasteiger partial charge is 0.407 e. The lowest BCUT2D eigenvalue weighted by molar-refractivity contribution is -0.584. The zero-order valence-electron chi connectivity index (χ0n) is 55.7. The van der Waals surface area contributed by atoms with Crippen molar-refractivity contribution in [1.29, 1.82) is 0 Å². The highest BCUT2D eigenvalue weighted by Crippen LogP contribution is 2.61. The first kappa shape index (κ1) is 71.0. The number of fused-ring (bicyclic) bond motifs is 4. The highest BCUT2D eigenvalue weighted by molar-refractivity contribution is 6.26. The van der Waals surface area contributed by atoms with Gasteiger partial charge in [0.15, 0.2) is 43.2 Å². The molecule has 26 nitrogen and oxygen atoms in total. The summed E-state index contributed by atoms with van der Waals surface area (Å²) in [5, 5.41) is 62.1. The van der Waals surface area contributed by atoms with Crippen LogP contribution in [0.4, 0.5) is 4.79 Å². The fourth-order valence-electron chi connectivity index (χ4n) is 17.3. The maximum atomic E-state index is 15.6. The molecule has 0 aromatic heterocycles. The molecular weight excluding hydrogens is 1220 g/mol. The molecule has 1 amide bonds. The quantitative estimate of drug-likeness (QED) is 0.0237. The Morgan fingerprint density at radius 3 is 1.98 bits per heavy atom. The van der Waals surface area contributed by atoms with E-state index in [-0.39, 0.29) is 49.0 Å². The summed E-state index contributed by atoms with van der Waals surface area (Å²) in [7, 11) is 1.15. The molecule has 4 aliphatic carbocycles. The largest absolute Gasteiger partial charge is 0.511 e. The summed E-state index contributed by atoms with van der Waals surface area (Å²) >= 11 is 0. The van der Waals surface area contributed by atoms with Crippen LogP contribution in [0.2, 0.25) is 0 Å². The Labute approximate surface area is 543 Å². The zero-order chi connectivity index (χ0) is 67.5. The number of methoxy groups -OCH3 is 1. The molecule has 1 saturated carbocycles. The Morgan fingerprint density at radius 2 is 1.32 bits per heavy atom. The van der Waals surface area contributed by atoms with Crippen LogP contribution in [0, 0.1) is 57.0 Å². The molecule has 6 heterocycles. The number of rotatable bonds is 14. The van der Waals surface area contributed by atoms with Crippen molar-refractivity contribution < 1.29 is 111 Å². The van der Waals surface area contributed by atoms with Crippen LogP contribution in [-0.2, 0) is 80.8 Å². The van der Waals surface area contributed by atoms with E-state index in [1.165, 1.54) is 19.9 Å². The van der Waals surface area contributed by atoms with Crippen LogP contribution >= 0.6 is 0 Å². The fourth-order valence-corrected chi connectivity index (χ4v) is 17.3. The van der Waals surface area contributed by atoms with Crippen LogP contribution in [0.3, 0.4) is 0 Å². The van der Waals surface area contributed by atoms with E-state index in [4.69, 9.17) is 61.6 Å². The van der Waals surface area contributed by atoms with E-state index in [0.717, 1.165) is 7.11 Å². The van der Waals surface area contributed by atoms with E-state index in [0.29, 0.717) is 50.4 Å². The summed E-state index contributed by atoms with van der Waals surface area (Å²) < 4.78 is 81.6. The first-order valence-corrected chi connectivity index (χ1v) is 33.4. The number of aldehydes is 1. The van der Waals surface area contributed by atoms with E-state index in [1.807, 2.05) is 33.8 Å². The van der Waals surface area contributed by atoms with Crippen LogP contribution in [-0.4, -0.2) is 197 Å². The topological polar surface area (TPSA) is 341 Å². The number of carbonyl (C=O) groups excluding carboxylic acids is 5. The number of nitrogens with one attached hydrogen (secondary N) is 1. The van der Waals surface area contributed by atoms with Gasteiger partial charge in [0.2, 0.25) is 11.3 Å². The van der Waals surface area contributed by atoms with E-state index in [9.17, 15) is 49.7 Å². The van der Waals surface area contributed by atoms with Gasteiger partial charge < -0.3 is 87.3 Å². The lowest BCUT2D eigenvalue weighted by Crippen LogP contribution is -2.65. The highest BCUT2D eigenvalue weighted by Gasteiger charge is 2.65. The Bertz CT molecular complexity index is 2890. The minimum atomic E-state index is -2.18. The second kappa shape index (κ2) is 28.3. The normalized spacial score (nSPS) is 47.7. The number of alkyl carbamates (subject to hydrolysis) is 1. The molecule has 0 aromatic carbocycles. The van der Waals surface area contributed by atoms with Crippen molar-refractivity contribution in [2.45, 2.75) is 288 Å². The number of esters is 2. The SMILES string of the molecule is COC(=O)N[C@H]1[C@@H](C)O[C@@H](O[C@H]2CCC(C)[C@@H]3C=C[C@@H]4[C@@H](O[C@H]5C[C@@H](O[C@H]6CCC(O[C@H]7C[C@@H](O)C(O[C@H]8CC[C@@H](O)[C@H](C)O8)[C@H](C)O7)[C@H](C)O6)[C@@H](OC(C)=O)[C@H](C)O5)[C@@H](C)C[C@H](C)[C@H]4[C@]3(C)C(O)=C3C(=O)OC4(CC(C=O)=C[C@H](O)[C@H]4/C=C/2C)C3=O)C[C@]1(C)[N+](=O)[O-]. The van der Waals surface area contributed by atoms with Crippen molar-refractivity contribution in [2.24, 2.45) is 46.8 Å². The Balaban J connectivity index is 0.893. The summed E-state index contributed by atoms with van der Waals surface area (Å²) in [6, 6.07) is -1.11. The maximum Gasteiger partial charge on any atom is 0.407 e. The van der Waals surface area contributed by atoms with Gasteiger partial charge in [0.05, 0.1) is 86.6 Å². The fraction of sp³-hybridized carbons (Fsp3) is 0.806. The van der Waals surface area contributed by atoms with Crippen molar-refractivity contribution >= 4 is 30.1 Å². The van der Waals surface area contributed by atoms with Gasteiger partial charge in [0, 0.05) is 62.2 Å². The number of ether oxygens (including phenoxy) is 13. The summed E-state index contributed by atoms with van der Waals surface area (Å²) in [5.41, 5.74) is -5.44. The summed E-state index contributed by atoms with van der Waals surface area (Å²) in [6.45, 7) is 21.3. The van der Waals surface area contributed by atoms with Gasteiger partial charge >= 0.3 is 18.0 Å². The number of carbonyl (C=O) groups is 5. The second-order valence-electron chi connectivity index (χ2n) is 28.6. The number of hydrogen-bond donors (Lipinski definition) is 5. The molecule has 0 aromatic rings. The molecular formula is C67H98N2O24. The molecule has 6 saturated heterocycles. The molecule has 5 N–H and O–H groups in total. The van der Waals surface area contributed by atoms with Gasteiger partial charge in [-0.2, -0.15) is 0 Å². The van der Waals surface area contributed by atoms with Gasteiger partial charge in [-0.25, -0.2) is 9.59 Å². The molecule has 10 rings (SSSR count). The molecule has 4 unspecified atom stereocenters. The third-order valence-electron chi connectivity index (χ3n) is 22.1. The van der Waals surface area contributed by atoms with Crippen LogP contribution < -0.4 is 5.32 Å². The maximum absolute atomic E-state index is 15.6. The molecule has 7 fully saturated rings. The van der Waals surface area contributed by atoms with Gasteiger partial charge in [0.25, 0.3) is 0 Å². The standard InChI is InChI=1S/C67H98N2O24/c1-30-14-18-47(88-54-28-65(11,69(79)80)60(38(9)86-54)68-64(78)81-13)31(2)23-43-45(73)24-40(29-70)27-67(43)62(76)55(63(77)93-67)61(75)66(12)42(30)16-15-41-56(66)32(3)22-33(4)57(41)92-53-26-49(59(37(8)85-53)87-39(10)71)90-50-21-19-48(35(6)83-50)89-52-25-46(74)58(36(7)84-52)91-51-20-17-44(72)34(5)82-51/h15-16,23-24,29-30,32-38,41-54,56-60,72-75H,14,17-22,25-28H2,1-13H3,(H,68,78)/b31-23+,61-55?/t30?,32-,33-,34-,35-,36-,37-,38+,41-,42-,43+,44+,45-,46+,47-,48?,49+,50-,51-,52-,53-,54-,56+,57-,58?,59-,60-,65-,66+,67?/m0/s1. The van der Waals surface area contributed by atoms with E-state index in [2.05, 4.69) is 25.2 Å². The Kier molecular flexibility index (Phi) is 21.6. The third-order valence-corrected chi connectivity index (χ3v) is 22.1. The molecule has 10 aliphatic rings. The average molecular weight is 1320 g/mol. The number of nitrogens with zero attached hydrogens (tertiary/aromatic N) is 1. The zero-order valence-corrected chi connectivity index (χ0v) is 55.7. The molecule has 2 bridgehead atoms. The number of nitro groups is 1. The van der Waals surface area contributed by atoms with E-state index >= 15 is 4.79 Å². The number of ketones is 1. The van der Waals surface area contributed by atoms with Gasteiger partial charge in [-0.1, -0.05) is 45.9 Å². The first-order chi connectivity index (χ1) is 43.9. The molecule has 93 heavy (non-hydrogen) atoms. The van der Waals surface area contributed by atoms with Crippen LogP contribution in [0.5, 0.6) is 0 Å². The lowest BCUT2D eigenvalue weighted by atomic mass is 9.48. The van der Waals surface area contributed by atoms with E-state index in [1.54, 1.807) is 33.8 Å². The number of aliphatic hydroxyl groups is 4. The number of amides is 1. The minimum Gasteiger partial charge on any atom is -0.511 e. The molecule has 26 heteroatoms. The van der Waals surface area contributed by atoms with Crippen molar-refractivity contribution in [1.82, 2.24) is 5.32 Å². The summed E-state index contributed by atoms with van der Waals surface area (Å²) in [5.74, 6) is -6.43. The Morgan fingerprint density at radius 1 is 0.688 bits per heavy atom. The predicted molar refractivity (Wildman–Crippen MR) is 325 cm³/mol. The lowest BCUT2D eigenvalue weighted by Gasteiger charge is -2.57. The Hall–Kier alpha value is -4.81. The predicted octanol–water partition coefficient (Wildman–Crippen LogP) is 6.44. The second-order valence-corrected chi connectivity index (χ2v) is 28.6. The summed E-state index contributed by atoms with van der Waals surface area (Å²) in [4.78, 5) is 80.5. The van der Waals surface area contributed by atoms with Crippen LogP contribution in [0.1, 0.15) is 154 Å². The molecule has 30 atom stereocenters. The van der Waals surface area contributed by atoms with Gasteiger partial charge in [-0.3, -0.25) is 24.5 Å². The summed E-state index contributed by atoms with van der Waals surface area (Å²) in [6.07, 6.45) is -5.11. The molecule has 520 valence electrons. The van der Waals surface area contributed by atoms with Crippen molar-refractivity contribution in [3.05, 3.63) is 56.9 Å². The number of aliphatic hydroxyl groups excluding tert-OH is 4. The highest BCUT2D eigenvalue weighted by atomic mass is 16.8. The van der Waals surface area contributed by atoms with Crippen molar-refractivity contribution in [3.63, 3.8) is 0 Å². The first-order valence-electron chi connectivity index (χ1n) is 33.4. The van der Waals surface area contributed by atoms with Crippen LogP contribution in [0.15, 0.2) is 46.8 Å². The van der Waals surface area contributed by atoms with Crippen molar-refractivity contribution in [3.8, 4) is 0 Å². The number of allylic oxidation sites excluding steroid dienone is 2. The van der Waals surface area contributed by atoms with Gasteiger partial charge in [0.1, 0.15) is 35.9 Å². The van der Waals surface area contributed by atoms with E-state index < -0.39 is 210 Å². The third kappa shape index (κ3) is 14.1.